The molecule has 3 rings (SSSR count). The van der Waals surface area contributed by atoms with Crippen LogP contribution in [0.3, 0.4) is 0 Å². The summed E-state index contributed by atoms with van der Waals surface area (Å²) in [5.41, 5.74) is 4.39. The Morgan fingerprint density at radius 2 is 1.85 bits per heavy atom. The highest BCUT2D eigenvalue weighted by atomic mass is 16.2. The molecule has 1 amide bonds. The SMILES string of the molecule is Cc1cccc(CCC(=O)N2CCCN(Cc3ccc(C#N)cc3)CC2)c1. The van der Waals surface area contributed by atoms with Crippen LogP contribution in [-0.4, -0.2) is 41.9 Å². The predicted octanol–water partition coefficient (Wildman–Crippen LogP) is 3.53. The van der Waals surface area contributed by atoms with Crippen molar-refractivity contribution in [2.75, 3.05) is 26.2 Å². The van der Waals surface area contributed by atoms with Crippen LogP contribution in [0.1, 0.15) is 35.1 Å². The van der Waals surface area contributed by atoms with Gasteiger partial charge in [0.25, 0.3) is 0 Å². The lowest BCUT2D eigenvalue weighted by atomic mass is 10.1. The molecule has 1 aliphatic rings. The van der Waals surface area contributed by atoms with Crippen molar-refractivity contribution in [2.24, 2.45) is 0 Å². The highest BCUT2D eigenvalue weighted by Gasteiger charge is 2.19. The summed E-state index contributed by atoms with van der Waals surface area (Å²) >= 11 is 0. The summed E-state index contributed by atoms with van der Waals surface area (Å²) in [6.07, 6.45) is 2.40. The number of carbonyl (C=O) groups is 1. The lowest BCUT2D eigenvalue weighted by Gasteiger charge is -2.22. The van der Waals surface area contributed by atoms with Gasteiger partial charge in [-0.1, -0.05) is 42.0 Å². The quantitative estimate of drug-likeness (QED) is 0.818. The molecule has 1 heterocycles. The first-order valence-electron chi connectivity index (χ1n) is 9.69. The molecule has 0 radical (unpaired) electrons. The largest absolute Gasteiger partial charge is 0.341 e. The van der Waals surface area contributed by atoms with E-state index >= 15 is 0 Å². The van der Waals surface area contributed by atoms with Crippen molar-refractivity contribution in [3.8, 4) is 6.07 Å². The molecular formula is C23H27N3O. The Labute approximate surface area is 162 Å². The molecule has 0 aliphatic carbocycles. The first kappa shape index (κ1) is 19.1. The predicted molar refractivity (Wildman–Crippen MR) is 107 cm³/mol. The number of aryl methyl sites for hydroxylation is 2. The molecule has 0 spiro atoms. The summed E-state index contributed by atoms with van der Waals surface area (Å²) in [4.78, 5) is 17.0. The molecule has 0 saturated carbocycles. The summed E-state index contributed by atoms with van der Waals surface area (Å²) < 4.78 is 0. The Kier molecular flexibility index (Phi) is 6.62. The molecule has 0 bridgehead atoms. The molecule has 4 heteroatoms. The second-order valence-electron chi connectivity index (χ2n) is 7.31. The second kappa shape index (κ2) is 9.34. The van der Waals surface area contributed by atoms with Gasteiger partial charge in [-0.2, -0.15) is 5.26 Å². The van der Waals surface area contributed by atoms with Gasteiger partial charge >= 0.3 is 0 Å². The summed E-state index contributed by atoms with van der Waals surface area (Å²) in [6.45, 7) is 6.50. The van der Waals surface area contributed by atoms with E-state index in [4.69, 9.17) is 5.26 Å². The van der Waals surface area contributed by atoms with Crippen molar-refractivity contribution in [3.63, 3.8) is 0 Å². The number of carbonyl (C=O) groups excluding carboxylic acids is 1. The number of hydrogen-bond acceptors (Lipinski definition) is 3. The van der Waals surface area contributed by atoms with Gasteiger partial charge in [0.15, 0.2) is 0 Å². The normalized spacial score (nSPS) is 15.2. The minimum Gasteiger partial charge on any atom is -0.341 e. The van der Waals surface area contributed by atoms with Gasteiger partial charge in [-0.25, -0.2) is 0 Å². The molecule has 0 atom stereocenters. The van der Waals surface area contributed by atoms with Gasteiger partial charge in [-0.3, -0.25) is 9.69 Å². The smallest absolute Gasteiger partial charge is 0.222 e. The van der Waals surface area contributed by atoms with Gasteiger partial charge in [-0.15, -0.1) is 0 Å². The lowest BCUT2D eigenvalue weighted by molar-refractivity contribution is -0.131. The Morgan fingerprint density at radius 1 is 1.04 bits per heavy atom. The topological polar surface area (TPSA) is 47.3 Å². The summed E-state index contributed by atoms with van der Waals surface area (Å²) in [5.74, 6) is 0.261. The monoisotopic (exact) mass is 361 g/mol. The zero-order valence-electron chi connectivity index (χ0n) is 16.0. The van der Waals surface area contributed by atoms with Crippen molar-refractivity contribution in [1.29, 1.82) is 5.26 Å². The molecule has 2 aromatic rings. The van der Waals surface area contributed by atoms with E-state index in [-0.39, 0.29) is 5.91 Å². The van der Waals surface area contributed by atoms with Crippen LogP contribution >= 0.6 is 0 Å². The molecule has 1 aliphatic heterocycles. The maximum atomic E-state index is 12.6. The molecule has 4 nitrogen and oxygen atoms in total. The van der Waals surface area contributed by atoms with Gasteiger partial charge < -0.3 is 4.90 Å². The minimum atomic E-state index is 0.261. The van der Waals surface area contributed by atoms with Crippen molar-refractivity contribution in [3.05, 3.63) is 70.8 Å². The molecule has 0 N–H and O–H groups in total. The van der Waals surface area contributed by atoms with E-state index in [2.05, 4.69) is 42.2 Å². The van der Waals surface area contributed by atoms with E-state index in [0.29, 0.717) is 12.0 Å². The van der Waals surface area contributed by atoms with Crippen LogP contribution < -0.4 is 0 Å². The molecule has 1 fully saturated rings. The fourth-order valence-corrected chi connectivity index (χ4v) is 3.60. The number of rotatable bonds is 5. The third-order valence-corrected chi connectivity index (χ3v) is 5.14. The summed E-state index contributed by atoms with van der Waals surface area (Å²) in [5, 5.41) is 8.90. The third kappa shape index (κ3) is 5.67. The molecule has 2 aromatic carbocycles. The Bertz CT molecular complexity index is 807. The molecule has 140 valence electrons. The van der Waals surface area contributed by atoms with E-state index in [0.717, 1.165) is 45.6 Å². The van der Waals surface area contributed by atoms with E-state index in [1.165, 1.54) is 16.7 Å². The van der Waals surface area contributed by atoms with Gasteiger partial charge in [0.05, 0.1) is 11.6 Å². The Morgan fingerprint density at radius 3 is 2.59 bits per heavy atom. The Hall–Kier alpha value is -2.64. The van der Waals surface area contributed by atoms with Gasteiger partial charge in [0, 0.05) is 39.1 Å². The average Bonchev–Trinajstić information content (AvgIpc) is 2.92. The van der Waals surface area contributed by atoms with Gasteiger partial charge in [0.1, 0.15) is 0 Å². The lowest BCUT2D eigenvalue weighted by Crippen LogP contribution is -2.35. The van der Waals surface area contributed by atoms with Crippen molar-refractivity contribution >= 4 is 5.91 Å². The van der Waals surface area contributed by atoms with Crippen molar-refractivity contribution < 1.29 is 4.79 Å². The molecule has 27 heavy (non-hydrogen) atoms. The van der Waals surface area contributed by atoms with E-state index in [9.17, 15) is 4.79 Å². The number of amides is 1. The third-order valence-electron chi connectivity index (χ3n) is 5.14. The van der Waals surface area contributed by atoms with E-state index < -0.39 is 0 Å². The first-order valence-corrected chi connectivity index (χ1v) is 9.69. The van der Waals surface area contributed by atoms with Crippen LogP contribution in [0.4, 0.5) is 0 Å². The van der Waals surface area contributed by atoms with Crippen LogP contribution in [0, 0.1) is 18.3 Å². The maximum Gasteiger partial charge on any atom is 0.222 e. The van der Waals surface area contributed by atoms with E-state index in [1.807, 2.05) is 29.2 Å². The minimum absolute atomic E-state index is 0.261. The van der Waals surface area contributed by atoms with Crippen molar-refractivity contribution in [2.45, 2.75) is 32.7 Å². The second-order valence-corrected chi connectivity index (χ2v) is 7.31. The number of nitrogens with zero attached hydrogens (tertiary/aromatic N) is 3. The molecule has 1 saturated heterocycles. The van der Waals surface area contributed by atoms with Gasteiger partial charge in [0.2, 0.25) is 5.91 Å². The zero-order chi connectivity index (χ0) is 19.1. The van der Waals surface area contributed by atoms with Gasteiger partial charge in [-0.05, 0) is 43.0 Å². The fourth-order valence-electron chi connectivity index (χ4n) is 3.60. The average molecular weight is 361 g/mol. The van der Waals surface area contributed by atoms with Crippen LogP contribution in [0.5, 0.6) is 0 Å². The maximum absolute atomic E-state index is 12.6. The van der Waals surface area contributed by atoms with Crippen LogP contribution in [0.15, 0.2) is 48.5 Å². The number of nitriles is 1. The molecular weight excluding hydrogens is 334 g/mol. The standard InChI is InChI=1S/C23H27N3O/c1-19-4-2-5-20(16-19)10-11-23(27)26-13-3-12-25(14-15-26)18-22-8-6-21(17-24)7-9-22/h2,4-9,16H,3,10-15,18H2,1H3. The summed E-state index contributed by atoms with van der Waals surface area (Å²) in [6, 6.07) is 18.3. The molecule has 0 unspecified atom stereocenters. The zero-order valence-corrected chi connectivity index (χ0v) is 16.0. The first-order chi connectivity index (χ1) is 13.1. The summed E-state index contributed by atoms with van der Waals surface area (Å²) in [7, 11) is 0. The molecule has 0 aromatic heterocycles. The van der Waals surface area contributed by atoms with Crippen LogP contribution in [0.2, 0.25) is 0 Å². The fraction of sp³-hybridized carbons (Fsp3) is 0.391. The van der Waals surface area contributed by atoms with E-state index in [1.54, 1.807) is 0 Å². The highest BCUT2D eigenvalue weighted by molar-refractivity contribution is 5.76. The number of hydrogen-bond donors (Lipinski definition) is 0. The number of benzene rings is 2. The van der Waals surface area contributed by atoms with Crippen LogP contribution in [-0.2, 0) is 17.8 Å². The highest BCUT2D eigenvalue weighted by Crippen LogP contribution is 2.12. The van der Waals surface area contributed by atoms with Crippen molar-refractivity contribution in [1.82, 2.24) is 9.80 Å². The van der Waals surface area contributed by atoms with Crippen LogP contribution in [0.25, 0.3) is 0 Å². The Balaban J connectivity index is 1.48.